The van der Waals surface area contributed by atoms with Gasteiger partial charge in [0.15, 0.2) is 5.82 Å². The predicted molar refractivity (Wildman–Crippen MR) is 138 cm³/mol. The molecular weight excluding hydrogens is 472 g/mol. The molecule has 2 aromatic heterocycles. The highest BCUT2D eigenvalue weighted by Gasteiger charge is 2.36. The normalized spacial score (nSPS) is 18.6. The largest absolute Gasteiger partial charge is 0.494 e. The summed E-state index contributed by atoms with van der Waals surface area (Å²) in [6.45, 7) is 6.01. The zero-order valence-corrected chi connectivity index (χ0v) is 21.7. The third-order valence-electron chi connectivity index (χ3n) is 7.65. The standard InChI is InChI=1S/C27H36N6O4/c1-3-36-21-10-11-23-19(16-21)17-22(26(34)28-23)24(32-14-12-18(13-15-32)27(35)37-4-2)25-29-30-31-33(25)20-8-6-5-7-9-20/h10-11,16-18,20,24H,3-9,12-15H2,1-2H3,(H,28,34)/t24-/m1/s1. The molecule has 1 saturated carbocycles. The van der Waals surface area contributed by atoms with Crippen LogP contribution in [0.3, 0.4) is 0 Å². The van der Waals surface area contributed by atoms with Gasteiger partial charge in [0.2, 0.25) is 0 Å². The maximum atomic E-state index is 13.5. The number of piperidine rings is 1. The molecule has 10 nitrogen and oxygen atoms in total. The van der Waals surface area contributed by atoms with Gasteiger partial charge in [0.05, 0.1) is 25.2 Å². The number of hydrogen-bond acceptors (Lipinski definition) is 8. The van der Waals surface area contributed by atoms with Gasteiger partial charge >= 0.3 is 5.97 Å². The first-order valence-corrected chi connectivity index (χ1v) is 13.6. The highest BCUT2D eigenvalue weighted by atomic mass is 16.5. The summed E-state index contributed by atoms with van der Waals surface area (Å²) in [5.41, 5.74) is 1.19. The fourth-order valence-corrected chi connectivity index (χ4v) is 5.78. The summed E-state index contributed by atoms with van der Waals surface area (Å²) >= 11 is 0. The van der Waals surface area contributed by atoms with E-state index in [4.69, 9.17) is 9.47 Å². The van der Waals surface area contributed by atoms with Crippen molar-refractivity contribution in [3.05, 3.63) is 46.0 Å². The molecule has 1 aromatic carbocycles. The van der Waals surface area contributed by atoms with Crippen LogP contribution in [0.2, 0.25) is 0 Å². The number of fused-ring (bicyclic) bond motifs is 1. The Balaban J connectivity index is 1.54. The molecule has 3 aromatic rings. The second kappa shape index (κ2) is 11.4. The number of pyridine rings is 1. The summed E-state index contributed by atoms with van der Waals surface area (Å²) < 4.78 is 12.9. The smallest absolute Gasteiger partial charge is 0.309 e. The highest BCUT2D eigenvalue weighted by molar-refractivity contribution is 5.80. The number of carbonyl (C=O) groups is 1. The zero-order valence-electron chi connectivity index (χ0n) is 21.7. The topological polar surface area (TPSA) is 115 Å². The number of aromatic amines is 1. The van der Waals surface area contributed by atoms with Crippen molar-refractivity contribution in [3.63, 3.8) is 0 Å². The van der Waals surface area contributed by atoms with Crippen LogP contribution in [0, 0.1) is 5.92 Å². The maximum Gasteiger partial charge on any atom is 0.309 e. The quantitative estimate of drug-likeness (QED) is 0.457. The van der Waals surface area contributed by atoms with E-state index in [1.54, 1.807) is 0 Å². The average Bonchev–Trinajstić information content (AvgIpc) is 3.40. The molecule has 1 N–H and O–H groups in total. The molecule has 10 heteroatoms. The number of H-pyrrole nitrogens is 1. The molecule has 1 saturated heterocycles. The Kier molecular flexibility index (Phi) is 7.83. The Morgan fingerprint density at radius 3 is 2.59 bits per heavy atom. The van der Waals surface area contributed by atoms with Crippen molar-refractivity contribution in [2.45, 2.75) is 70.9 Å². The highest BCUT2D eigenvalue weighted by Crippen LogP contribution is 2.35. The van der Waals surface area contributed by atoms with Crippen LogP contribution in [0.4, 0.5) is 0 Å². The number of aromatic nitrogens is 5. The molecule has 37 heavy (non-hydrogen) atoms. The van der Waals surface area contributed by atoms with E-state index in [1.807, 2.05) is 42.8 Å². The summed E-state index contributed by atoms with van der Waals surface area (Å²) in [5.74, 6) is 1.17. The zero-order chi connectivity index (χ0) is 25.8. The molecule has 5 rings (SSSR count). The van der Waals surface area contributed by atoms with Gasteiger partial charge in [-0.2, -0.15) is 0 Å². The maximum absolute atomic E-state index is 13.5. The number of likely N-dealkylation sites (tertiary alicyclic amines) is 1. The molecule has 1 aliphatic heterocycles. The third-order valence-corrected chi connectivity index (χ3v) is 7.65. The van der Waals surface area contributed by atoms with Gasteiger partial charge < -0.3 is 14.5 Å². The lowest BCUT2D eigenvalue weighted by molar-refractivity contribution is -0.149. The van der Waals surface area contributed by atoms with Crippen molar-refractivity contribution in [2.75, 3.05) is 26.3 Å². The molecule has 1 atom stereocenters. The van der Waals surface area contributed by atoms with E-state index in [0.29, 0.717) is 50.5 Å². The Hall–Kier alpha value is -3.27. The van der Waals surface area contributed by atoms with Crippen LogP contribution in [0.1, 0.15) is 82.3 Å². The average molecular weight is 509 g/mol. The number of benzene rings is 1. The first kappa shape index (κ1) is 25.4. The lowest BCUT2D eigenvalue weighted by Crippen LogP contribution is -2.42. The Morgan fingerprint density at radius 1 is 1.08 bits per heavy atom. The van der Waals surface area contributed by atoms with E-state index >= 15 is 0 Å². The second-order valence-electron chi connectivity index (χ2n) is 9.97. The van der Waals surface area contributed by atoms with Crippen molar-refractivity contribution in [3.8, 4) is 5.75 Å². The molecule has 0 spiro atoms. The molecule has 0 unspecified atom stereocenters. The minimum Gasteiger partial charge on any atom is -0.494 e. The molecule has 3 heterocycles. The monoisotopic (exact) mass is 508 g/mol. The molecule has 2 aliphatic rings. The van der Waals surface area contributed by atoms with E-state index < -0.39 is 6.04 Å². The second-order valence-corrected chi connectivity index (χ2v) is 9.97. The van der Waals surface area contributed by atoms with Crippen LogP contribution in [-0.2, 0) is 9.53 Å². The molecule has 198 valence electrons. The predicted octanol–water partition coefficient (Wildman–Crippen LogP) is 3.78. The fourth-order valence-electron chi connectivity index (χ4n) is 5.78. The van der Waals surface area contributed by atoms with Crippen molar-refractivity contribution in [1.82, 2.24) is 30.1 Å². The fraction of sp³-hybridized carbons (Fsp3) is 0.593. The minimum atomic E-state index is -0.427. The molecule has 0 amide bonds. The van der Waals surface area contributed by atoms with Crippen molar-refractivity contribution in [2.24, 2.45) is 5.92 Å². The Bertz CT molecular complexity index is 1270. The Labute approximate surface area is 216 Å². The number of esters is 1. The van der Waals surface area contributed by atoms with Crippen LogP contribution in [0.5, 0.6) is 5.75 Å². The van der Waals surface area contributed by atoms with Gasteiger partial charge in [0, 0.05) is 29.6 Å². The summed E-state index contributed by atoms with van der Waals surface area (Å²) in [4.78, 5) is 31.2. The lowest BCUT2D eigenvalue weighted by Gasteiger charge is -2.36. The van der Waals surface area contributed by atoms with Gasteiger partial charge in [-0.15, -0.1) is 5.10 Å². The number of nitrogens with one attached hydrogen (secondary N) is 1. The summed E-state index contributed by atoms with van der Waals surface area (Å²) in [6.07, 6.45) is 6.92. The molecule has 0 bridgehead atoms. The molecule has 1 aliphatic carbocycles. The first-order chi connectivity index (χ1) is 18.1. The number of carbonyl (C=O) groups excluding carboxylic acids is 1. The summed E-state index contributed by atoms with van der Waals surface area (Å²) in [5, 5.41) is 13.8. The third kappa shape index (κ3) is 5.39. The van der Waals surface area contributed by atoms with E-state index in [1.165, 1.54) is 6.42 Å². The number of tetrazole rings is 1. The van der Waals surface area contributed by atoms with Crippen molar-refractivity contribution in [1.29, 1.82) is 0 Å². The van der Waals surface area contributed by atoms with E-state index in [-0.39, 0.29) is 23.5 Å². The SMILES string of the molecule is CCOC(=O)C1CCN([C@H](c2cc3cc(OCC)ccc3[nH]c2=O)c2nnnn2C2CCCCC2)CC1. The number of rotatable bonds is 8. The van der Waals surface area contributed by atoms with Crippen LogP contribution in [0.25, 0.3) is 10.9 Å². The van der Waals surface area contributed by atoms with Crippen LogP contribution < -0.4 is 10.3 Å². The van der Waals surface area contributed by atoms with Crippen LogP contribution >= 0.6 is 0 Å². The van der Waals surface area contributed by atoms with Gasteiger partial charge in [0.25, 0.3) is 5.56 Å². The molecular formula is C27H36N6O4. The summed E-state index contributed by atoms with van der Waals surface area (Å²) in [6, 6.07) is 7.43. The van der Waals surface area contributed by atoms with Gasteiger partial charge in [-0.05, 0) is 74.2 Å². The van der Waals surface area contributed by atoms with E-state index in [2.05, 4.69) is 25.4 Å². The number of nitrogens with zero attached hydrogens (tertiary/aromatic N) is 5. The van der Waals surface area contributed by atoms with Crippen molar-refractivity contribution >= 4 is 16.9 Å². The van der Waals surface area contributed by atoms with Gasteiger partial charge in [-0.25, -0.2) is 4.68 Å². The van der Waals surface area contributed by atoms with E-state index in [9.17, 15) is 9.59 Å². The lowest BCUT2D eigenvalue weighted by atomic mass is 9.93. The molecule has 0 radical (unpaired) electrons. The minimum absolute atomic E-state index is 0.130. The van der Waals surface area contributed by atoms with Crippen LogP contribution in [0.15, 0.2) is 29.1 Å². The summed E-state index contributed by atoms with van der Waals surface area (Å²) in [7, 11) is 0. The van der Waals surface area contributed by atoms with Crippen molar-refractivity contribution < 1.29 is 14.3 Å². The van der Waals surface area contributed by atoms with E-state index in [0.717, 1.165) is 42.3 Å². The number of hydrogen-bond donors (Lipinski definition) is 1. The number of ether oxygens (including phenoxy) is 2. The Morgan fingerprint density at radius 2 is 1.86 bits per heavy atom. The van der Waals surface area contributed by atoms with Gasteiger partial charge in [-0.3, -0.25) is 14.5 Å². The van der Waals surface area contributed by atoms with Gasteiger partial charge in [0.1, 0.15) is 11.8 Å². The first-order valence-electron chi connectivity index (χ1n) is 13.6. The van der Waals surface area contributed by atoms with Crippen LogP contribution in [-0.4, -0.2) is 62.4 Å². The molecule has 2 fully saturated rings. The van der Waals surface area contributed by atoms with Gasteiger partial charge in [-0.1, -0.05) is 19.3 Å².